The largest absolute Gasteiger partial charge is 0.461 e. The van der Waals surface area contributed by atoms with Crippen LogP contribution < -0.4 is 0 Å². The van der Waals surface area contributed by atoms with Gasteiger partial charge in [0.2, 0.25) is 0 Å². The first-order valence-electron chi connectivity index (χ1n) is 7.30. The summed E-state index contributed by atoms with van der Waals surface area (Å²) >= 11 is 0. The molecule has 6 heteroatoms. The maximum Gasteiger partial charge on any atom is 0.358 e. The Labute approximate surface area is 133 Å². The Morgan fingerprint density at radius 2 is 2.09 bits per heavy atom. The molecule has 116 valence electrons. The highest BCUT2D eigenvalue weighted by atomic mass is 16.5. The zero-order chi connectivity index (χ0) is 16.2. The lowest BCUT2D eigenvalue weighted by atomic mass is 10.2. The number of carbonyl (C=O) groups is 1. The summed E-state index contributed by atoms with van der Waals surface area (Å²) in [4.78, 5) is 20.7. The van der Waals surface area contributed by atoms with Gasteiger partial charge in [-0.15, -0.1) is 0 Å². The minimum atomic E-state index is -0.462. The third kappa shape index (κ3) is 3.11. The first-order valence-corrected chi connectivity index (χ1v) is 7.30. The van der Waals surface area contributed by atoms with E-state index in [1.807, 2.05) is 37.3 Å². The lowest BCUT2D eigenvalue weighted by Crippen LogP contribution is -2.07. The number of esters is 1. The molecule has 0 saturated carbocycles. The van der Waals surface area contributed by atoms with E-state index in [1.165, 1.54) is 0 Å². The fourth-order valence-corrected chi connectivity index (χ4v) is 2.14. The lowest BCUT2D eigenvalue weighted by molar-refractivity contribution is 0.0519. The second-order valence-electron chi connectivity index (χ2n) is 4.96. The van der Waals surface area contributed by atoms with Gasteiger partial charge in [-0.25, -0.2) is 14.5 Å². The monoisotopic (exact) mass is 308 g/mol. The summed E-state index contributed by atoms with van der Waals surface area (Å²) in [5, 5.41) is 4.34. The Morgan fingerprint density at radius 3 is 2.74 bits per heavy atom. The van der Waals surface area contributed by atoms with Crippen LogP contribution >= 0.6 is 0 Å². The highest BCUT2D eigenvalue weighted by molar-refractivity contribution is 5.88. The molecule has 0 spiro atoms. The van der Waals surface area contributed by atoms with Crippen LogP contribution in [0.5, 0.6) is 0 Å². The first kappa shape index (κ1) is 14.9. The van der Waals surface area contributed by atoms with Crippen molar-refractivity contribution in [3.8, 4) is 17.2 Å². The van der Waals surface area contributed by atoms with E-state index in [4.69, 9.17) is 4.74 Å². The summed E-state index contributed by atoms with van der Waals surface area (Å²) in [6.07, 6.45) is 3.45. The molecule has 0 N–H and O–H groups in total. The molecule has 0 bridgehead atoms. The van der Waals surface area contributed by atoms with E-state index in [1.54, 1.807) is 30.1 Å². The number of aromatic nitrogens is 4. The van der Waals surface area contributed by atoms with Gasteiger partial charge in [0, 0.05) is 18.5 Å². The molecule has 0 saturated heterocycles. The van der Waals surface area contributed by atoms with Crippen molar-refractivity contribution in [2.24, 2.45) is 0 Å². The third-order valence-corrected chi connectivity index (χ3v) is 3.23. The van der Waals surface area contributed by atoms with Crippen LogP contribution in [0.4, 0.5) is 0 Å². The summed E-state index contributed by atoms with van der Waals surface area (Å²) in [5.74, 6) is 0.149. The summed E-state index contributed by atoms with van der Waals surface area (Å²) in [5.41, 5.74) is 2.69. The zero-order valence-electron chi connectivity index (χ0n) is 12.9. The summed E-state index contributed by atoms with van der Waals surface area (Å²) in [7, 11) is 0. The maximum atomic E-state index is 12.0. The first-order chi connectivity index (χ1) is 11.2. The van der Waals surface area contributed by atoms with Crippen LogP contribution in [-0.4, -0.2) is 32.3 Å². The van der Waals surface area contributed by atoms with Crippen LogP contribution in [0.2, 0.25) is 0 Å². The van der Waals surface area contributed by atoms with Gasteiger partial charge in [0.25, 0.3) is 0 Å². The van der Waals surface area contributed by atoms with Gasteiger partial charge in [0.15, 0.2) is 11.5 Å². The Hall–Kier alpha value is -3.02. The molecule has 3 heterocycles. The smallest absolute Gasteiger partial charge is 0.358 e. The Morgan fingerprint density at radius 1 is 1.22 bits per heavy atom. The molecule has 0 amide bonds. The Balaban J connectivity index is 2.12. The van der Waals surface area contributed by atoms with Crippen molar-refractivity contribution in [2.45, 2.75) is 13.8 Å². The number of hydrogen-bond acceptors (Lipinski definition) is 5. The number of nitrogens with zero attached hydrogens (tertiary/aromatic N) is 4. The molecule has 0 atom stereocenters. The molecule has 23 heavy (non-hydrogen) atoms. The van der Waals surface area contributed by atoms with Gasteiger partial charge in [-0.2, -0.15) is 5.10 Å². The second-order valence-corrected chi connectivity index (χ2v) is 4.96. The topological polar surface area (TPSA) is 69.9 Å². The molecule has 0 aliphatic rings. The van der Waals surface area contributed by atoms with Gasteiger partial charge in [-0.3, -0.25) is 4.98 Å². The van der Waals surface area contributed by atoms with Crippen molar-refractivity contribution < 1.29 is 9.53 Å². The summed E-state index contributed by atoms with van der Waals surface area (Å²) in [6.45, 7) is 4.03. The van der Waals surface area contributed by atoms with E-state index in [-0.39, 0.29) is 5.69 Å². The maximum absolute atomic E-state index is 12.0. The van der Waals surface area contributed by atoms with Crippen molar-refractivity contribution >= 4 is 5.97 Å². The SMILES string of the molecule is CCOC(=O)c1cc(-c2ccc(C)cn2)n(-c2ccccn2)n1. The third-order valence-electron chi connectivity index (χ3n) is 3.23. The van der Waals surface area contributed by atoms with Gasteiger partial charge in [-0.05, 0) is 37.6 Å². The van der Waals surface area contributed by atoms with Crippen molar-refractivity contribution in [3.63, 3.8) is 0 Å². The average Bonchev–Trinajstić information content (AvgIpc) is 3.02. The quantitative estimate of drug-likeness (QED) is 0.693. The average molecular weight is 308 g/mol. The van der Waals surface area contributed by atoms with E-state index in [2.05, 4.69) is 15.1 Å². The van der Waals surface area contributed by atoms with Crippen molar-refractivity contribution in [2.75, 3.05) is 6.61 Å². The number of carbonyl (C=O) groups excluding carboxylic acids is 1. The van der Waals surface area contributed by atoms with Crippen molar-refractivity contribution in [3.05, 3.63) is 60.0 Å². The van der Waals surface area contributed by atoms with Crippen molar-refractivity contribution in [1.82, 2.24) is 19.7 Å². The summed E-state index contributed by atoms with van der Waals surface area (Å²) in [6, 6.07) is 11.0. The van der Waals surface area contributed by atoms with Crippen LogP contribution in [0.1, 0.15) is 23.0 Å². The molecule has 3 rings (SSSR count). The van der Waals surface area contributed by atoms with Gasteiger partial charge in [0.05, 0.1) is 18.0 Å². The van der Waals surface area contributed by atoms with Gasteiger partial charge >= 0.3 is 5.97 Å². The standard InChI is InChI=1S/C17H16N4O2/c1-3-23-17(22)14-10-15(13-8-7-12(2)11-19-13)21(20-14)16-6-4-5-9-18-16/h4-11H,3H2,1-2H3. The van der Waals surface area contributed by atoms with E-state index < -0.39 is 5.97 Å². The normalized spacial score (nSPS) is 10.5. The number of rotatable bonds is 4. The molecular formula is C17H16N4O2. The van der Waals surface area contributed by atoms with Crippen LogP contribution in [0.15, 0.2) is 48.8 Å². The minimum absolute atomic E-state index is 0.231. The van der Waals surface area contributed by atoms with E-state index in [0.717, 1.165) is 5.56 Å². The van der Waals surface area contributed by atoms with Gasteiger partial charge in [-0.1, -0.05) is 12.1 Å². The van der Waals surface area contributed by atoms with Gasteiger partial charge < -0.3 is 4.74 Å². The summed E-state index contributed by atoms with van der Waals surface area (Å²) < 4.78 is 6.63. The number of ether oxygens (including phenoxy) is 1. The number of hydrogen-bond donors (Lipinski definition) is 0. The van der Waals surface area contributed by atoms with E-state index >= 15 is 0 Å². The van der Waals surface area contributed by atoms with Crippen LogP contribution in [0.3, 0.4) is 0 Å². The van der Waals surface area contributed by atoms with Crippen LogP contribution in [0.25, 0.3) is 17.2 Å². The molecule has 0 aliphatic heterocycles. The molecule has 0 aromatic carbocycles. The zero-order valence-corrected chi connectivity index (χ0v) is 12.9. The minimum Gasteiger partial charge on any atom is -0.461 e. The highest BCUT2D eigenvalue weighted by Crippen LogP contribution is 2.22. The number of aryl methyl sites for hydroxylation is 1. The molecule has 0 aliphatic carbocycles. The molecule has 0 radical (unpaired) electrons. The van der Waals surface area contributed by atoms with Crippen molar-refractivity contribution in [1.29, 1.82) is 0 Å². The Kier molecular flexibility index (Phi) is 4.14. The van der Waals surface area contributed by atoms with E-state index in [0.29, 0.717) is 23.8 Å². The van der Waals surface area contributed by atoms with Crippen LogP contribution in [0, 0.1) is 6.92 Å². The lowest BCUT2D eigenvalue weighted by Gasteiger charge is -2.05. The fourth-order valence-electron chi connectivity index (χ4n) is 2.14. The molecule has 0 unspecified atom stereocenters. The highest BCUT2D eigenvalue weighted by Gasteiger charge is 2.18. The number of pyridine rings is 2. The molecule has 6 nitrogen and oxygen atoms in total. The molecule has 3 aromatic heterocycles. The molecule has 3 aromatic rings. The molecule has 0 fully saturated rings. The van der Waals surface area contributed by atoms with E-state index in [9.17, 15) is 4.79 Å². The fraction of sp³-hybridized carbons (Fsp3) is 0.176. The predicted octanol–water partition coefficient (Wildman–Crippen LogP) is 2.81. The van der Waals surface area contributed by atoms with Crippen LogP contribution in [-0.2, 0) is 4.74 Å². The second kappa shape index (κ2) is 6.39. The Bertz CT molecular complexity index is 810. The molecular weight excluding hydrogens is 292 g/mol. The van der Waals surface area contributed by atoms with Gasteiger partial charge in [0.1, 0.15) is 0 Å². The predicted molar refractivity (Wildman–Crippen MR) is 85.3 cm³/mol.